The third-order valence-corrected chi connectivity index (χ3v) is 7.76. The number of hydrogen-bond acceptors (Lipinski definition) is 6. The fourth-order valence-corrected chi connectivity index (χ4v) is 5.49. The summed E-state index contributed by atoms with van der Waals surface area (Å²) in [7, 11) is 1.56. The van der Waals surface area contributed by atoms with Gasteiger partial charge in [-0.2, -0.15) is 0 Å². The molecular formula is C28H35N5O3S. The molecule has 2 amide bonds. The zero-order valence-corrected chi connectivity index (χ0v) is 22.5. The number of benzene rings is 2. The molecule has 196 valence electrons. The second-order valence-corrected chi connectivity index (χ2v) is 10.2. The van der Waals surface area contributed by atoms with Gasteiger partial charge in [0.05, 0.1) is 12.6 Å². The first kappa shape index (κ1) is 26.8. The van der Waals surface area contributed by atoms with Gasteiger partial charge in [0.15, 0.2) is 0 Å². The largest absolute Gasteiger partial charge is 0.465 e. The molecule has 8 nitrogen and oxygen atoms in total. The average Bonchev–Trinajstić information content (AvgIpc) is 3.43. The molecule has 37 heavy (non-hydrogen) atoms. The topological polar surface area (TPSA) is 80.2 Å². The summed E-state index contributed by atoms with van der Waals surface area (Å²) in [4.78, 5) is 36.8. The van der Waals surface area contributed by atoms with Gasteiger partial charge in [-0.05, 0) is 49.2 Å². The Bertz CT molecular complexity index is 1170. The standard InChI is InChI=1S/C28H35N5O3S/c1-4-32(5-2)27(34)22-11-9-21(10-12-22)26(23-7-6-8-24(19-23)30(3)28(35)36)33-16-14-31(15-17-33)20-25-29-13-18-37-25/h6-13,18-19,26H,4-5,14-17,20H2,1-3H3,(H,35,36). The number of carbonyl (C=O) groups is 2. The molecule has 4 rings (SSSR count). The number of thiazole rings is 1. The highest BCUT2D eigenvalue weighted by atomic mass is 32.1. The molecule has 1 atom stereocenters. The molecule has 1 aliphatic heterocycles. The van der Waals surface area contributed by atoms with Crippen molar-refractivity contribution >= 4 is 29.0 Å². The molecule has 1 unspecified atom stereocenters. The Morgan fingerprint density at radius 2 is 1.73 bits per heavy atom. The van der Waals surface area contributed by atoms with E-state index in [-0.39, 0.29) is 11.9 Å². The number of carbonyl (C=O) groups excluding carboxylic acids is 1. The number of aromatic nitrogens is 1. The molecule has 1 aromatic heterocycles. The van der Waals surface area contributed by atoms with Crippen molar-refractivity contribution in [2.75, 3.05) is 51.2 Å². The van der Waals surface area contributed by atoms with Gasteiger partial charge < -0.3 is 10.0 Å². The second-order valence-electron chi connectivity index (χ2n) is 9.18. The normalized spacial score (nSPS) is 15.3. The van der Waals surface area contributed by atoms with Crippen LogP contribution in [0.5, 0.6) is 0 Å². The summed E-state index contributed by atoms with van der Waals surface area (Å²) in [5.74, 6) is 0.0361. The molecule has 0 spiro atoms. The fraction of sp³-hybridized carbons (Fsp3) is 0.393. The number of rotatable bonds is 9. The van der Waals surface area contributed by atoms with Crippen LogP contribution in [0.25, 0.3) is 0 Å². The van der Waals surface area contributed by atoms with Gasteiger partial charge in [0.2, 0.25) is 0 Å². The predicted molar refractivity (Wildman–Crippen MR) is 147 cm³/mol. The Morgan fingerprint density at radius 1 is 1.03 bits per heavy atom. The first-order valence-electron chi connectivity index (χ1n) is 12.7. The molecule has 1 aliphatic rings. The Balaban J connectivity index is 1.61. The zero-order chi connectivity index (χ0) is 26.4. The van der Waals surface area contributed by atoms with Gasteiger partial charge in [0.1, 0.15) is 5.01 Å². The maximum absolute atomic E-state index is 12.9. The van der Waals surface area contributed by atoms with Crippen LogP contribution in [0.1, 0.15) is 46.4 Å². The summed E-state index contributed by atoms with van der Waals surface area (Å²) in [5.41, 5.74) is 3.42. The minimum Gasteiger partial charge on any atom is -0.465 e. The van der Waals surface area contributed by atoms with E-state index in [4.69, 9.17) is 0 Å². The van der Waals surface area contributed by atoms with E-state index in [0.717, 1.165) is 48.9 Å². The van der Waals surface area contributed by atoms with Crippen molar-refractivity contribution in [3.05, 3.63) is 81.8 Å². The Labute approximate surface area is 222 Å². The summed E-state index contributed by atoms with van der Waals surface area (Å²) < 4.78 is 0. The Kier molecular flexibility index (Phi) is 8.91. The lowest BCUT2D eigenvalue weighted by molar-refractivity contribution is 0.0772. The summed E-state index contributed by atoms with van der Waals surface area (Å²) in [6, 6.07) is 15.6. The van der Waals surface area contributed by atoms with Crippen LogP contribution in [0.4, 0.5) is 10.5 Å². The van der Waals surface area contributed by atoms with E-state index in [1.54, 1.807) is 18.4 Å². The van der Waals surface area contributed by atoms with Crippen LogP contribution >= 0.6 is 11.3 Å². The van der Waals surface area contributed by atoms with E-state index >= 15 is 0 Å². The van der Waals surface area contributed by atoms with Gasteiger partial charge in [-0.15, -0.1) is 11.3 Å². The van der Waals surface area contributed by atoms with Crippen LogP contribution in [0.15, 0.2) is 60.1 Å². The van der Waals surface area contributed by atoms with E-state index in [9.17, 15) is 14.7 Å². The number of piperazine rings is 1. The van der Waals surface area contributed by atoms with Gasteiger partial charge in [0, 0.05) is 69.1 Å². The van der Waals surface area contributed by atoms with Crippen LogP contribution in [-0.4, -0.2) is 83.1 Å². The molecule has 2 aromatic carbocycles. The molecule has 1 N–H and O–H groups in total. The van der Waals surface area contributed by atoms with E-state index in [1.807, 2.05) is 72.8 Å². The molecule has 1 fully saturated rings. The monoisotopic (exact) mass is 521 g/mol. The third kappa shape index (κ3) is 6.36. The van der Waals surface area contributed by atoms with Crippen molar-refractivity contribution in [2.24, 2.45) is 0 Å². The SMILES string of the molecule is CCN(CC)C(=O)c1ccc(C(c2cccc(N(C)C(=O)O)c2)N2CCN(Cc3nccs3)CC2)cc1. The van der Waals surface area contributed by atoms with Gasteiger partial charge in [0.25, 0.3) is 5.91 Å². The summed E-state index contributed by atoms with van der Waals surface area (Å²) in [6.45, 7) is 9.76. The highest BCUT2D eigenvalue weighted by molar-refractivity contribution is 7.09. The number of hydrogen-bond donors (Lipinski definition) is 1. The van der Waals surface area contributed by atoms with Crippen molar-refractivity contribution in [1.82, 2.24) is 19.7 Å². The van der Waals surface area contributed by atoms with Gasteiger partial charge in [-0.3, -0.25) is 19.5 Å². The maximum Gasteiger partial charge on any atom is 0.411 e. The summed E-state index contributed by atoms with van der Waals surface area (Å²) in [6.07, 6.45) is 0.853. The van der Waals surface area contributed by atoms with E-state index in [0.29, 0.717) is 24.3 Å². The minimum atomic E-state index is -0.997. The van der Waals surface area contributed by atoms with Crippen LogP contribution in [-0.2, 0) is 6.54 Å². The number of anilines is 1. The van der Waals surface area contributed by atoms with Gasteiger partial charge in [-0.25, -0.2) is 9.78 Å². The third-order valence-electron chi connectivity index (χ3n) is 7.00. The van der Waals surface area contributed by atoms with Crippen LogP contribution in [0.2, 0.25) is 0 Å². The lowest BCUT2D eigenvalue weighted by atomic mass is 9.94. The lowest BCUT2D eigenvalue weighted by Crippen LogP contribution is -2.47. The Morgan fingerprint density at radius 3 is 2.32 bits per heavy atom. The Hall–Kier alpha value is -3.27. The fourth-order valence-electron chi connectivity index (χ4n) is 4.83. The number of carboxylic acid groups (broad SMARTS) is 1. The quantitative estimate of drug-likeness (QED) is 0.442. The predicted octanol–water partition coefficient (Wildman–Crippen LogP) is 4.65. The van der Waals surface area contributed by atoms with Crippen LogP contribution in [0.3, 0.4) is 0 Å². The van der Waals surface area contributed by atoms with Crippen molar-refractivity contribution < 1.29 is 14.7 Å². The van der Waals surface area contributed by atoms with Crippen LogP contribution in [0, 0.1) is 0 Å². The van der Waals surface area contributed by atoms with E-state index in [2.05, 4.69) is 20.9 Å². The minimum absolute atomic E-state index is 0.0361. The van der Waals surface area contributed by atoms with Gasteiger partial charge >= 0.3 is 6.09 Å². The molecule has 1 saturated heterocycles. The molecule has 2 heterocycles. The average molecular weight is 522 g/mol. The van der Waals surface area contributed by atoms with Crippen molar-refractivity contribution in [3.8, 4) is 0 Å². The molecule has 0 radical (unpaired) electrons. The van der Waals surface area contributed by atoms with Crippen molar-refractivity contribution in [1.29, 1.82) is 0 Å². The molecule has 0 bridgehead atoms. The highest BCUT2D eigenvalue weighted by Crippen LogP contribution is 2.32. The lowest BCUT2D eigenvalue weighted by Gasteiger charge is -2.39. The number of nitrogens with zero attached hydrogens (tertiary/aromatic N) is 5. The first-order chi connectivity index (χ1) is 17.9. The summed E-state index contributed by atoms with van der Waals surface area (Å²) >= 11 is 1.68. The van der Waals surface area contributed by atoms with Crippen molar-refractivity contribution in [3.63, 3.8) is 0 Å². The van der Waals surface area contributed by atoms with E-state index in [1.165, 1.54) is 4.90 Å². The van der Waals surface area contributed by atoms with Crippen molar-refractivity contribution in [2.45, 2.75) is 26.4 Å². The molecular weight excluding hydrogens is 486 g/mol. The van der Waals surface area contributed by atoms with E-state index < -0.39 is 6.09 Å². The maximum atomic E-state index is 12.9. The summed E-state index contributed by atoms with van der Waals surface area (Å²) in [5, 5.41) is 12.6. The smallest absolute Gasteiger partial charge is 0.411 e. The highest BCUT2D eigenvalue weighted by Gasteiger charge is 2.28. The second kappa shape index (κ2) is 12.3. The first-order valence-corrected chi connectivity index (χ1v) is 13.6. The van der Waals surface area contributed by atoms with Crippen LogP contribution < -0.4 is 4.90 Å². The van der Waals surface area contributed by atoms with Gasteiger partial charge in [-0.1, -0.05) is 24.3 Å². The number of amides is 2. The zero-order valence-electron chi connectivity index (χ0n) is 21.7. The molecule has 9 heteroatoms. The molecule has 3 aromatic rings. The molecule has 0 saturated carbocycles. The molecule has 0 aliphatic carbocycles.